The van der Waals surface area contributed by atoms with E-state index in [1.807, 2.05) is 47.9 Å². The molecule has 2 aromatic heterocycles. The first-order valence-electron chi connectivity index (χ1n) is 6.67. The van der Waals surface area contributed by atoms with Gasteiger partial charge in [0.05, 0.1) is 9.41 Å². The molecule has 0 bridgehead atoms. The number of hydrogen-bond acceptors (Lipinski definition) is 4. The molecule has 0 saturated heterocycles. The summed E-state index contributed by atoms with van der Waals surface area (Å²) in [5, 5.41) is 1.86. The molecule has 3 rings (SSSR count). The number of Topliss-reactive ketones (excluding diaryl/α,β-unsaturated/α-hetero) is 1. The molecule has 0 radical (unpaired) electrons. The predicted octanol–water partition coefficient (Wildman–Crippen LogP) is 2.00. The summed E-state index contributed by atoms with van der Waals surface area (Å²) in [4.78, 5) is 25.1. The third kappa shape index (κ3) is 3.00. The largest absolute Gasteiger partial charge is 0.302 e. The molecule has 5 heteroatoms. The molecule has 3 nitrogen and oxygen atoms in total. The van der Waals surface area contributed by atoms with Gasteiger partial charge in [-0.2, -0.15) is 0 Å². The minimum Gasteiger partial charge on any atom is -0.302 e. The molecule has 0 amide bonds. The number of carbonyl (C=O) groups excluding carboxylic acids is 1. The minimum absolute atomic E-state index is 0.0712. The monoisotopic (exact) mass is 327 g/mol. The minimum atomic E-state index is -0.0842. The number of ketones is 1. The molecule has 0 aliphatic rings. The van der Waals surface area contributed by atoms with Crippen LogP contribution in [-0.2, 0) is 7.05 Å². The third-order valence-corrected chi connectivity index (χ3v) is 5.17. The zero-order valence-corrected chi connectivity index (χ0v) is 13.5. The number of rotatable bonds is 3. The Morgan fingerprint density at radius 1 is 1.14 bits per heavy atom. The summed E-state index contributed by atoms with van der Waals surface area (Å²) in [6.45, 7) is 0. The van der Waals surface area contributed by atoms with Crippen molar-refractivity contribution < 1.29 is 4.79 Å². The highest BCUT2D eigenvalue weighted by molar-refractivity contribution is 7.12. The Labute approximate surface area is 135 Å². The number of nitrogens with zero attached hydrogens (tertiary/aromatic N) is 1. The molecule has 2 heterocycles. The van der Waals surface area contributed by atoms with E-state index in [9.17, 15) is 9.59 Å². The van der Waals surface area contributed by atoms with Gasteiger partial charge in [-0.1, -0.05) is 36.4 Å². The van der Waals surface area contributed by atoms with Crippen molar-refractivity contribution in [1.82, 2.24) is 4.57 Å². The number of carbonyl (C=O) groups is 1. The maximum absolute atomic E-state index is 12.3. The Bertz CT molecular complexity index is 964. The number of aromatic nitrogens is 1. The van der Waals surface area contributed by atoms with E-state index in [-0.39, 0.29) is 11.3 Å². The Kier molecular flexibility index (Phi) is 4.18. The molecule has 0 fully saturated rings. The molecule has 0 N–H and O–H groups in total. The van der Waals surface area contributed by atoms with Crippen LogP contribution in [-0.4, -0.2) is 10.4 Å². The number of hydrogen-bond donors (Lipinski definition) is 0. The molecule has 0 unspecified atom stereocenters. The first-order valence-corrected chi connectivity index (χ1v) is 8.37. The van der Waals surface area contributed by atoms with Gasteiger partial charge in [0, 0.05) is 13.1 Å². The van der Waals surface area contributed by atoms with Crippen LogP contribution >= 0.6 is 22.7 Å². The van der Waals surface area contributed by atoms with Crippen molar-refractivity contribution in [2.75, 3.05) is 0 Å². The second-order valence-electron chi connectivity index (χ2n) is 4.71. The molecule has 0 atom stereocenters. The van der Waals surface area contributed by atoms with Crippen LogP contribution in [0.4, 0.5) is 0 Å². The van der Waals surface area contributed by atoms with Gasteiger partial charge in [0.25, 0.3) is 5.56 Å². The van der Waals surface area contributed by atoms with E-state index >= 15 is 0 Å². The molecule has 3 aromatic rings. The maximum Gasteiger partial charge on any atom is 0.268 e. The molecular weight excluding hydrogens is 314 g/mol. The quantitative estimate of drug-likeness (QED) is 0.690. The van der Waals surface area contributed by atoms with Crippen LogP contribution in [0.1, 0.15) is 15.2 Å². The third-order valence-electron chi connectivity index (χ3n) is 3.18. The van der Waals surface area contributed by atoms with Crippen molar-refractivity contribution in [3.63, 3.8) is 0 Å². The summed E-state index contributed by atoms with van der Waals surface area (Å²) in [6.07, 6.45) is 3.38. The SMILES string of the molecule is Cn1c(=O)/c(=C\c2ccccc2)s/c1=C\C(=O)c1cccs1. The van der Waals surface area contributed by atoms with Crippen LogP contribution in [0.3, 0.4) is 0 Å². The van der Waals surface area contributed by atoms with E-state index in [2.05, 4.69) is 0 Å². The van der Waals surface area contributed by atoms with Crippen LogP contribution in [0.2, 0.25) is 0 Å². The second kappa shape index (κ2) is 6.25. The summed E-state index contributed by atoms with van der Waals surface area (Å²) < 4.78 is 2.80. The van der Waals surface area contributed by atoms with Crippen molar-refractivity contribution in [2.45, 2.75) is 0 Å². The lowest BCUT2D eigenvalue weighted by molar-refractivity contribution is 0.106. The van der Waals surface area contributed by atoms with Gasteiger partial charge in [0.1, 0.15) is 4.66 Å². The van der Waals surface area contributed by atoms with Gasteiger partial charge in [-0.3, -0.25) is 9.59 Å². The summed E-state index contributed by atoms with van der Waals surface area (Å²) in [7, 11) is 1.69. The number of benzene rings is 1. The van der Waals surface area contributed by atoms with E-state index in [1.165, 1.54) is 33.3 Å². The van der Waals surface area contributed by atoms with Gasteiger partial charge in [-0.05, 0) is 23.1 Å². The lowest BCUT2D eigenvalue weighted by Crippen LogP contribution is -2.29. The van der Waals surface area contributed by atoms with Gasteiger partial charge >= 0.3 is 0 Å². The van der Waals surface area contributed by atoms with Gasteiger partial charge in [0.15, 0.2) is 5.78 Å². The maximum atomic E-state index is 12.3. The molecular formula is C17H13NO2S2. The van der Waals surface area contributed by atoms with Crippen LogP contribution in [0, 0.1) is 0 Å². The topological polar surface area (TPSA) is 39.1 Å². The van der Waals surface area contributed by atoms with Crippen molar-refractivity contribution >= 4 is 40.6 Å². The van der Waals surface area contributed by atoms with E-state index in [1.54, 1.807) is 13.1 Å². The van der Waals surface area contributed by atoms with Gasteiger partial charge in [0.2, 0.25) is 0 Å². The zero-order chi connectivity index (χ0) is 15.5. The van der Waals surface area contributed by atoms with Crippen molar-refractivity contribution in [3.05, 3.63) is 77.8 Å². The smallest absolute Gasteiger partial charge is 0.268 e. The van der Waals surface area contributed by atoms with Crippen molar-refractivity contribution in [1.29, 1.82) is 0 Å². The van der Waals surface area contributed by atoms with Gasteiger partial charge < -0.3 is 4.57 Å². The number of thiazole rings is 1. The van der Waals surface area contributed by atoms with Gasteiger partial charge in [-0.15, -0.1) is 22.7 Å². The second-order valence-corrected chi connectivity index (χ2v) is 6.72. The normalized spacial score (nSPS) is 12.8. The Morgan fingerprint density at radius 3 is 2.59 bits per heavy atom. The first kappa shape index (κ1) is 14.7. The lowest BCUT2D eigenvalue weighted by atomic mass is 10.2. The fraction of sp³-hybridized carbons (Fsp3) is 0.0588. The summed E-state index contributed by atoms with van der Waals surface area (Å²) in [6, 6.07) is 13.3. The van der Waals surface area contributed by atoms with Crippen molar-refractivity contribution in [3.8, 4) is 0 Å². The summed E-state index contributed by atoms with van der Waals surface area (Å²) >= 11 is 2.73. The molecule has 22 heavy (non-hydrogen) atoms. The average molecular weight is 327 g/mol. The fourth-order valence-corrected chi connectivity index (χ4v) is 3.68. The molecule has 0 spiro atoms. The molecule has 0 aliphatic heterocycles. The fourth-order valence-electron chi connectivity index (χ4n) is 2.01. The van der Waals surface area contributed by atoms with Crippen LogP contribution < -0.4 is 14.8 Å². The van der Waals surface area contributed by atoms with Crippen LogP contribution in [0.25, 0.3) is 12.2 Å². The Hall–Kier alpha value is -2.24. The highest BCUT2D eigenvalue weighted by Crippen LogP contribution is 2.09. The molecule has 0 saturated carbocycles. The summed E-state index contributed by atoms with van der Waals surface area (Å²) in [5.41, 5.74) is 0.886. The van der Waals surface area contributed by atoms with E-state index in [0.29, 0.717) is 14.1 Å². The van der Waals surface area contributed by atoms with E-state index in [4.69, 9.17) is 0 Å². The Morgan fingerprint density at radius 2 is 1.91 bits per heavy atom. The standard InChI is InChI=1S/C17H13NO2S2/c1-18-16(11-13(19)14-8-5-9-21-14)22-15(17(18)20)10-12-6-3-2-4-7-12/h2-11H,1H3/b15-10+,16-11-. The van der Waals surface area contributed by atoms with E-state index in [0.717, 1.165) is 5.56 Å². The van der Waals surface area contributed by atoms with Crippen LogP contribution in [0.15, 0.2) is 52.6 Å². The van der Waals surface area contributed by atoms with Gasteiger partial charge in [-0.25, -0.2) is 0 Å². The lowest BCUT2D eigenvalue weighted by Gasteiger charge is -1.89. The highest BCUT2D eigenvalue weighted by atomic mass is 32.1. The first-order chi connectivity index (χ1) is 10.6. The Balaban J connectivity index is 2.09. The van der Waals surface area contributed by atoms with Crippen LogP contribution in [0.5, 0.6) is 0 Å². The molecule has 110 valence electrons. The highest BCUT2D eigenvalue weighted by Gasteiger charge is 2.06. The average Bonchev–Trinajstić information content (AvgIpc) is 3.14. The molecule has 0 aliphatic carbocycles. The number of thiophene rings is 1. The van der Waals surface area contributed by atoms with Crippen molar-refractivity contribution in [2.24, 2.45) is 7.05 Å². The van der Waals surface area contributed by atoms with E-state index < -0.39 is 0 Å². The zero-order valence-electron chi connectivity index (χ0n) is 11.9. The predicted molar refractivity (Wildman–Crippen MR) is 91.9 cm³/mol. The summed E-state index contributed by atoms with van der Waals surface area (Å²) in [5.74, 6) is -0.0712. The molecule has 1 aromatic carbocycles.